The van der Waals surface area contributed by atoms with Gasteiger partial charge in [-0.05, 0) is 48.9 Å². The van der Waals surface area contributed by atoms with Crippen molar-refractivity contribution in [3.05, 3.63) is 71.2 Å². The smallest absolute Gasteiger partial charge is 0.329 e. The number of imide groups is 1. The third-order valence-corrected chi connectivity index (χ3v) is 7.59. The van der Waals surface area contributed by atoms with E-state index in [-0.39, 0.29) is 30.2 Å². The summed E-state index contributed by atoms with van der Waals surface area (Å²) in [4.78, 5) is 56.0. The van der Waals surface area contributed by atoms with Crippen LogP contribution >= 0.6 is 11.6 Å². The van der Waals surface area contributed by atoms with E-state index in [2.05, 4.69) is 30.9 Å². The number of halogens is 1. The van der Waals surface area contributed by atoms with Crippen LogP contribution in [0.5, 0.6) is 0 Å². The zero-order valence-corrected chi connectivity index (χ0v) is 21.9. The molecular weight excluding hydrogens is 534 g/mol. The largest absolute Gasteiger partial charge is 0.364 e. The van der Waals surface area contributed by atoms with E-state index >= 15 is 0 Å². The Morgan fingerprint density at radius 2 is 1.95 bits per heavy atom. The van der Waals surface area contributed by atoms with Crippen LogP contribution in [0.2, 0.25) is 5.02 Å². The van der Waals surface area contributed by atoms with Crippen LogP contribution < -0.4 is 20.9 Å². The Morgan fingerprint density at radius 1 is 1.10 bits per heavy atom. The normalized spacial score (nSPS) is 20.1. The average Bonchev–Trinajstić information content (AvgIpc) is 3.86. The molecule has 13 heteroatoms. The van der Waals surface area contributed by atoms with E-state index in [1.807, 2.05) is 22.9 Å². The summed E-state index contributed by atoms with van der Waals surface area (Å²) in [7, 11) is 0. The van der Waals surface area contributed by atoms with Gasteiger partial charge >= 0.3 is 6.03 Å². The van der Waals surface area contributed by atoms with Crippen LogP contribution in [0.1, 0.15) is 48.0 Å². The van der Waals surface area contributed by atoms with E-state index in [1.165, 1.54) is 11.2 Å². The molecule has 12 nitrogen and oxygen atoms in total. The van der Waals surface area contributed by atoms with Crippen molar-refractivity contribution in [2.24, 2.45) is 5.92 Å². The van der Waals surface area contributed by atoms with Gasteiger partial charge in [0.1, 0.15) is 24.5 Å². The Balaban J connectivity index is 1.04. The number of fused-ring (bicyclic) bond motifs is 1. The first-order chi connectivity index (χ1) is 19.4. The van der Waals surface area contributed by atoms with Gasteiger partial charge in [-0.15, -0.1) is 0 Å². The SMILES string of the molecule is O=C1CN(c2cc(C3CC3)cn3cc(CNc4cc(NC(=O)[C@H]5C[C@@H]5c5cc(Cl)ccn5)ncn4)nc23)C(=O)N1. The second-order valence-electron chi connectivity index (χ2n) is 10.3. The lowest BCUT2D eigenvalue weighted by molar-refractivity contribution is -0.118. The summed E-state index contributed by atoms with van der Waals surface area (Å²) in [6.07, 6.45) is 9.87. The number of carbonyl (C=O) groups excluding carboxylic acids is 3. The van der Waals surface area contributed by atoms with Gasteiger partial charge in [-0.2, -0.15) is 0 Å². The van der Waals surface area contributed by atoms with Crippen LogP contribution in [-0.2, 0) is 16.1 Å². The first kappa shape index (κ1) is 24.5. The first-order valence-corrected chi connectivity index (χ1v) is 13.4. The molecule has 0 aromatic carbocycles. The molecule has 2 aliphatic carbocycles. The van der Waals surface area contributed by atoms with Gasteiger partial charge in [-0.1, -0.05) is 11.6 Å². The molecule has 3 fully saturated rings. The number of pyridine rings is 2. The molecule has 4 aromatic rings. The highest BCUT2D eigenvalue weighted by atomic mass is 35.5. The Kier molecular flexibility index (Phi) is 5.84. The summed E-state index contributed by atoms with van der Waals surface area (Å²) in [5.74, 6) is 0.772. The lowest BCUT2D eigenvalue weighted by atomic mass is 10.1. The Labute approximate surface area is 233 Å². The summed E-state index contributed by atoms with van der Waals surface area (Å²) in [5, 5.41) is 9.03. The molecule has 3 aliphatic rings. The second-order valence-corrected chi connectivity index (χ2v) is 10.8. The number of carbonyl (C=O) groups is 3. The highest BCUT2D eigenvalue weighted by Crippen LogP contribution is 2.47. The predicted octanol–water partition coefficient (Wildman–Crippen LogP) is 3.46. The van der Waals surface area contributed by atoms with Gasteiger partial charge in [0.25, 0.3) is 0 Å². The molecule has 2 saturated carbocycles. The van der Waals surface area contributed by atoms with Crippen LogP contribution in [0, 0.1) is 5.92 Å². The number of imidazole rings is 1. The van der Waals surface area contributed by atoms with Crippen molar-refractivity contribution in [2.45, 2.75) is 37.6 Å². The van der Waals surface area contributed by atoms with Crippen molar-refractivity contribution in [3.63, 3.8) is 0 Å². The molecule has 5 heterocycles. The molecule has 7 rings (SSSR count). The predicted molar refractivity (Wildman–Crippen MR) is 146 cm³/mol. The molecule has 2 atom stereocenters. The Bertz CT molecular complexity index is 1690. The highest BCUT2D eigenvalue weighted by molar-refractivity contribution is 6.30. The topological polar surface area (TPSA) is 147 Å². The van der Waals surface area contributed by atoms with Crippen LogP contribution in [0.25, 0.3) is 5.65 Å². The quantitative estimate of drug-likeness (QED) is 0.279. The summed E-state index contributed by atoms with van der Waals surface area (Å²) < 4.78 is 1.91. The number of hydrogen-bond acceptors (Lipinski definition) is 8. The lowest BCUT2D eigenvalue weighted by Gasteiger charge is -2.15. The van der Waals surface area contributed by atoms with Crippen LogP contribution in [-0.4, -0.2) is 48.7 Å². The van der Waals surface area contributed by atoms with Crippen LogP contribution in [0.15, 0.2) is 49.2 Å². The zero-order valence-electron chi connectivity index (χ0n) is 21.2. The van der Waals surface area contributed by atoms with Crippen molar-refractivity contribution in [1.29, 1.82) is 0 Å². The standard InChI is InChI=1S/C27H24ClN9O3/c28-16-3-4-29-20(6-16)18-7-19(18)26(39)34-23-8-22(31-13-32-23)30-9-17-11-36-10-15(14-1-2-14)5-21(25(36)33-17)37-12-24(38)35-27(37)40/h3-6,8,10-11,13-14,18-19H,1-2,7,9,12H2,(H,35,38,40)(H2,30,31,32,34,39)/t18-,19-/m0/s1. The third kappa shape index (κ3) is 4.81. The third-order valence-electron chi connectivity index (χ3n) is 7.35. The van der Waals surface area contributed by atoms with E-state index < -0.39 is 6.03 Å². The van der Waals surface area contributed by atoms with Gasteiger partial charge in [0.15, 0.2) is 5.65 Å². The zero-order chi connectivity index (χ0) is 27.4. The molecule has 0 unspecified atom stereocenters. The van der Waals surface area contributed by atoms with E-state index in [0.29, 0.717) is 46.9 Å². The number of urea groups is 1. The number of rotatable bonds is 8. The van der Waals surface area contributed by atoms with Crippen molar-refractivity contribution in [1.82, 2.24) is 29.7 Å². The van der Waals surface area contributed by atoms with E-state index in [0.717, 1.165) is 29.8 Å². The minimum atomic E-state index is -0.445. The summed E-state index contributed by atoms with van der Waals surface area (Å²) in [5.41, 5.74) is 3.85. The fourth-order valence-corrected chi connectivity index (χ4v) is 5.24. The summed E-state index contributed by atoms with van der Waals surface area (Å²) in [6.45, 7) is 0.316. The fourth-order valence-electron chi connectivity index (χ4n) is 5.07. The highest BCUT2D eigenvalue weighted by Gasteiger charge is 2.45. The molecule has 3 N–H and O–H groups in total. The number of hydrogen-bond donors (Lipinski definition) is 3. The Hall–Kier alpha value is -4.58. The molecule has 0 radical (unpaired) electrons. The van der Waals surface area contributed by atoms with Gasteiger partial charge in [0.2, 0.25) is 11.8 Å². The molecule has 1 aliphatic heterocycles. The maximum atomic E-state index is 12.8. The molecule has 202 valence electrons. The molecule has 1 saturated heterocycles. The minimum Gasteiger partial charge on any atom is -0.364 e. The Morgan fingerprint density at radius 3 is 2.73 bits per heavy atom. The summed E-state index contributed by atoms with van der Waals surface area (Å²) >= 11 is 6.06. The van der Waals surface area contributed by atoms with Gasteiger partial charge in [0.05, 0.1) is 17.9 Å². The number of nitrogens with zero attached hydrogens (tertiary/aromatic N) is 6. The second kappa shape index (κ2) is 9.56. The molecule has 0 spiro atoms. The fraction of sp³-hybridized carbons (Fsp3) is 0.296. The van der Waals surface area contributed by atoms with Gasteiger partial charge in [-0.3, -0.25) is 24.8 Å². The first-order valence-electron chi connectivity index (χ1n) is 13.0. The van der Waals surface area contributed by atoms with E-state index in [4.69, 9.17) is 16.6 Å². The number of amides is 4. The molecule has 4 amide bonds. The molecular formula is C27H24ClN9O3. The van der Waals surface area contributed by atoms with E-state index in [1.54, 1.807) is 24.4 Å². The molecule has 0 bridgehead atoms. The van der Waals surface area contributed by atoms with Crippen molar-refractivity contribution in [3.8, 4) is 0 Å². The van der Waals surface area contributed by atoms with Crippen LogP contribution in [0.4, 0.5) is 22.1 Å². The van der Waals surface area contributed by atoms with Crippen molar-refractivity contribution >= 4 is 52.4 Å². The average molecular weight is 558 g/mol. The van der Waals surface area contributed by atoms with Crippen molar-refractivity contribution < 1.29 is 14.4 Å². The molecule has 40 heavy (non-hydrogen) atoms. The van der Waals surface area contributed by atoms with Crippen LogP contribution in [0.3, 0.4) is 0 Å². The minimum absolute atomic E-state index is 0.0320. The van der Waals surface area contributed by atoms with Gasteiger partial charge in [-0.25, -0.2) is 19.7 Å². The summed E-state index contributed by atoms with van der Waals surface area (Å²) in [6, 6.07) is 6.68. The molecule has 4 aromatic heterocycles. The van der Waals surface area contributed by atoms with Gasteiger partial charge in [0, 0.05) is 47.2 Å². The van der Waals surface area contributed by atoms with Gasteiger partial charge < -0.3 is 15.0 Å². The number of anilines is 3. The maximum Gasteiger partial charge on any atom is 0.329 e. The monoisotopic (exact) mass is 557 g/mol. The van der Waals surface area contributed by atoms with Crippen molar-refractivity contribution in [2.75, 3.05) is 22.1 Å². The lowest BCUT2D eigenvalue weighted by Crippen LogP contribution is -2.28. The van der Waals surface area contributed by atoms with E-state index in [9.17, 15) is 14.4 Å². The number of nitrogens with one attached hydrogen (secondary N) is 3. The number of aromatic nitrogens is 5. The maximum absolute atomic E-state index is 12.8.